The van der Waals surface area contributed by atoms with Crippen LogP contribution in [-0.4, -0.2) is 23.9 Å². The van der Waals surface area contributed by atoms with E-state index in [0.29, 0.717) is 27.4 Å². The van der Waals surface area contributed by atoms with Crippen molar-refractivity contribution >= 4 is 66.1 Å². The number of anilines is 1. The van der Waals surface area contributed by atoms with E-state index in [1.54, 1.807) is 30.3 Å². The standard InChI is InChI=1S/C28H18N6OS2/c1-2-34-10-9-16-11-18(7-8-23(16)34)32-33-28-31-27-24(37-28)13-19(36-27)12-22-25(17(14-29)15-30)20-5-3-4-6-21(20)26(22)35/h3-8,11-13H,2,9-10H2,1H3/b22-12-,33-32+. The average molecular weight is 519 g/mol. The van der Waals surface area contributed by atoms with E-state index in [2.05, 4.69) is 39.2 Å². The number of ketones is 1. The molecule has 2 aliphatic rings. The van der Waals surface area contributed by atoms with Crippen molar-refractivity contribution in [2.24, 2.45) is 10.2 Å². The highest BCUT2D eigenvalue weighted by molar-refractivity contribution is 7.29. The molecule has 7 nitrogen and oxygen atoms in total. The summed E-state index contributed by atoms with van der Waals surface area (Å²) in [5.74, 6) is -0.191. The molecule has 0 atom stereocenters. The first kappa shape index (κ1) is 23.0. The fraction of sp³-hybridized carbons (Fsp3) is 0.143. The third kappa shape index (κ3) is 3.95. The van der Waals surface area contributed by atoms with Crippen LogP contribution in [0.25, 0.3) is 21.2 Å². The maximum atomic E-state index is 13.1. The first-order valence-corrected chi connectivity index (χ1v) is 13.3. The highest BCUT2D eigenvalue weighted by Gasteiger charge is 2.32. The predicted octanol–water partition coefficient (Wildman–Crippen LogP) is 7.24. The number of thiazole rings is 1. The normalized spacial score (nSPS) is 15.4. The second kappa shape index (κ2) is 9.21. The third-order valence-electron chi connectivity index (χ3n) is 6.50. The van der Waals surface area contributed by atoms with Crippen LogP contribution in [0.3, 0.4) is 0 Å². The Morgan fingerprint density at radius 2 is 1.92 bits per heavy atom. The summed E-state index contributed by atoms with van der Waals surface area (Å²) < 4.78 is 0.938. The van der Waals surface area contributed by atoms with Gasteiger partial charge < -0.3 is 4.90 Å². The molecule has 0 amide bonds. The summed E-state index contributed by atoms with van der Waals surface area (Å²) in [6.45, 7) is 4.20. The lowest BCUT2D eigenvalue weighted by atomic mass is 9.99. The van der Waals surface area contributed by atoms with Gasteiger partial charge in [-0.05, 0) is 54.8 Å². The van der Waals surface area contributed by atoms with Crippen molar-refractivity contribution in [1.82, 2.24) is 4.98 Å². The molecule has 0 fully saturated rings. The molecule has 2 aromatic heterocycles. The second-order valence-electron chi connectivity index (χ2n) is 8.56. The number of thiophene rings is 1. The predicted molar refractivity (Wildman–Crippen MR) is 147 cm³/mol. The van der Waals surface area contributed by atoms with Gasteiger partial charge in [-0.15, -0.1) is 21.6 Å². The van der Waals surface area contributed by atoms with Crippen LogP contribution in [0.5, 0.6) is 0 Å². The number of aromatic nitrogens is 1. The van der Waals surface area contributed by atoms with Crippen molar-refractivity contribution in [2.75, 3.05) is 18.0 Å². The highest BCUT2D eigenvalue weighted by Crippen LogP contribution is 2.42. The number of carbonyl (C=O) groups excluding carboxylic acids is 1. The lowest BCUT2D eigenvalue weighted by molar-refractivity contribution is 0.104. The molecule has 0 saturated carbocycles. The van der Waals surface area contributed by atoms with E-state index in [1.807, 2.05) is 24.3 Å². The van der Waals surface area contributed by atoms with Gasteiger partial charge in [0.05, 0.1) is 10.4 Å². The van der Waals surface area contributed by atoms with E-state index in [9.17, 15) is 15.3 Å². The summed E-state index contributed by atoms with van der Waals surface area (Å²) in [5.41, 5.74) is 5.17. The van der Waals surface area contributed by atoms with Crippen LogP contribution in [0, 0.1) is 22.7 Å². The minimum absolute atomic E-state index is 0.0716. The van der Waals surface area contributed by atoms with Gasteiger partial charge >= 0.3 is 0 Å². The molecule has 0 N–H and O–H groups in total. The van der Waals surface area contributed by atoms with Crippen LogP contribution in [0.15, 0.2) is 69.9 Å². The fourth-order valence-corrected chi connectivity index (χ4v) is 6.78. The molecule has 2 aromatic carbocycles. The van der Waals surface area contributed by atoms with Crippen molar-refractivity contribution in [1.29, 1.82) is 10.5 Å². The van der Waals surface area contributed by atoms with Gasteiger partial charge in [0.15, 0.2) is 5.78 Å². The van der Waals surface area contributed by atoms with E-state index >= 15 is 0 Å². The summed E-state index contributed by atoms with van der Waals surface area (Å²) in [5, 5.41) is 28.3. The molecule has 6 rings (SSSR count). The quantitative estimate of drug-likeness (QED) is 0.161. The second-order valence-corrected chi connectivity index (χ2v) is 10.6. The Hall–Kier alpha value is -4.44. The number of carbonyl (C=O) groups is 1. The summed E-state index contributed by atoms with van der Waals surface area (Å²) in [6, 6.07) is 19.1. The Morgan fingerprint density at radius 1 is 1.11 bits per heavy atom. The molecule has 0 bridgehead atoms. The average Bonchev–Trinajstić information content (AvgIpc) is 3.66. The van der Waals surface area contributed by atoms with Gasteiger partial charge in [-0.25, -0.2) is 4.98 Å². The Morgan fingerprint density at radius 3 is 2.68 bits per heavy atom. The molecule has 1 aliphatic heterocycles. The third-order valence-corrected chi connectivity index (χ3v) is 8.49. The number of hydrogen-bond acceptors (Lipinski definition) is 9. The number of rotatable bonds is 4. The fourth-order valence-electron chi connectivity index (χ4n) is 4.79. The number of likely N-dealkylation sites (N-methyl/N-ethyl adjacent to an activating group) is 1. The smallest absolute Gasteiger partial charge is 0.231 e. The lowest BCUT2D eigenvalue weighted by Crippen LogP contribution is -2.18. The number of hydrogen-bond donors (Lipinski definition) is 0. The van der Waals surface area contributed by atoms with Gasteiger partial charge in [-0.1, -0.05) is 35.6 Å². The van der Waals surface area contributed by atoms with E-state index < -0.39 is 0 Å². The maximum absolute atomic E-state index is 13.1. The number of benzene rings is 2. The summed E-state index contributed by atoms with van der Waals surface area (Å²) in [6.07, 6.45) is 2.77. The lowest BCUT2D eigenvalue weighted by Gasteiger charge is -2.16. The number of nitriles is 2. The van der Waals surface area contributed by atoms with Gasteiger partial charge in [0.25, 0.3) is 0 Å². The highest BCUT2D eigenvalue weighted by atomic mass is 32.1. The van der Waals surface area contributed by atoms with Gasteiger partial charge in [0.2, 0.25) is 5.13 Å². The Kier molecular flexibility index (Phi) is 5.72. The van der Waals surface area contributed by atoms with Crippen molar-refractivity contribution in [3.8, 4) is 12.1 Å². The Bertz CT molecular complexity index is 1730. The molecular weight excluding hydrogens is 500 g/mol. The summed E-state index contributed by atoms with van der Waals surface area (Å²) in [7, 11) is 0. The zero-order valence-electron chi connectivity index (χ0n) is 19.7. The minimum Gasteiger partial charge on any atom is -0.371 e. The molecule has 9 heteroatoms. The number of allylic oxidation sites excluding steroid dienone is 3. The molecule has 0 saturated heterocycles. The van der Waals surface area contributed by atoms with E-state index in [1.165, 1.54) is 33.9 Å². The van der Waals surface area contributed by atoms with Gasteiger partial charge in [-0.3, -0.25) is 4.79 Å². The molecule has 3 heterocycles. The van der Waals surface area contributed by atoms with E-state index in [0.717, 1.165) is 39.6 Å². The van der Waals surface area contributed by atoms with Crippen LogP contribution in [0.4, 0.5) is 16.5 Å². The van der Waals surface area contributed by atoms with Crippen molar-refractivity contribution in [3.05, 3.63) is 81.2 Å². The van der Waals surface area contributed by atoms with Crippen molar-refractivity contribution in [2.45, 2.75) is 13.3 Å². The minimum atomic E-state index is -0.191. The van der Waals surface area contributed by atoms with Gasteiger partial charge in [-0.2, -0.15) is 10.5 Å². The zero-order chi connectivity index (χ0) is 25.5. The number of fused-ring (bicyclic) bond motifs is 3. The first-order valence-electron chi connectivity index (χ1n) is 11.7. The monoisotopic (exact) mass is 518 g/mol. The van der Waals surface area contributed by atoms with Crippen LogP contribution >= 0.6 is 22.7 Å². The SMILES string of the molecule is CCN1CCc2cc(/N=N/c3nc4sc(/C=C5\C(=O)c6ccccc6C5=C(C#N)C#N)cc4s3)ccc21. The van der Waals surface area contributed by atoms with Crippen molar-refractivity contribution < 1.29 is 4.79 Å². The van der Waals surface area contributed by atoms with Crippen molar-refractivity contribution in [3.63, 3.8) is 0 Å². The topological polar surface area (TPSA) is 106 Å². The van der Waals surface area contributed by atoms with E-state index in [4.69, 9.17) is 0 Å². The van der Waals surface area contributed by atoms with Gasteiger partial charge in [0, 0.05) is 40.4 Å². The largest absolute Gasteiger partial charge is 0.371 e. The van der Waals surface area contributed by atoms with Crippen LogP contribution in [0.1, 0.15) is 33.3 Å². The Labute approximate surface area is 221 Å². The summed E-state index contributed by atoms with van der Waals surface area (Å²) in [4.78, 5) is 21.7. The zero-order valence-corrected chi connectivity index (χ0v) is 21.4. The first-order chi connectivity index (χ1) is 18.1. The molecular formula is C28H18N6OS2. The van der Waals surface area contributed by atoms with Gasteiger partial charge in [0.1, 0.15) is 22.5 Å². The van der Waals surface area contributed by atoms with Crippen LogP contribution < -0.4 is 4.90 Å². The maximum Gasteiger partial charge on any atom is 0.231 e. The number of azo groups is 1. The molecule has 4 aromatic rings. The number of nitrogens with zero attached hydrogens (tertiary/aromatic N) is 6. The van der Waals surface area contributed by atoms with Crippen LogP contribution in [0.2, 0.25) is 0 Å². The molecule has 0 radical (unpaired) electrons. The molecule has 0 spiro atoms. The van der Waals surface area contributed by atoms with E-state index in [-0.39, 0.29) is 11.4 Å². The summed E-state index contributed by atoms with van der Waals surface area (Å²) >= 11 is 2.86. The molecule has 0 unspecified atom stereocenters. The molecule has 37 heavy (non-hydrogen) atoms. The number of Topliss-reactive ketones (excluding diaryl/α,β-unsaturated/α-hetero) is 1. The molecule has 178 valence electrons. The van der Waals surface area contributed by atoms with Crippen LogP contribution in [-0.2, 0) is 6.42 Å². The molecule has 1 aliphatic carbocycles. The Balaban J connectivity index is 1.29.